The molecule has 136 valence electrons. The molecule has 1 N–H and O–H groups in total. The first-order chi connectivity index (χ1) is 12.4. The molecule has 3 aromatic rings. The van der Waals surface area contributed by atoms with Gasteiger partial charge in [-0.1, -0.05) is 6.07 Å². The molecule has 26 heavy (non-hydrogen) atoms. The first-order valence-electron chi connectivity index (χ1n) is 7.85. The van der Waals surface area contributed by atoms with Crippen molar-refractivity contribution in [2.24, 2.45) is 0 Å². The molecule has 0 saturated heterocycles. The Kier molecular flexibility index (Phi) is 4.83. The number of methoxy groups -OCH3 is 1. The number of aromatic nitrogens is 2. The fourth-order valence-electron chi connectivity index (χ4n) is 2.63. The van der Waals surface area contributed by atoms with Crippen molar-refractivity contribution in [2.75, 3.05) is 13.7 Å². The Morgan fingerprint density at radius 1 is 1.19 bits per heavy atom. The molecule has 1 aromatic carbocycles. The molecule has 2 heterocycles. The van der Waals surface area contributed by atoms with E-state index in [0.29, 0.717) is 17.3 Å². The normalized spacial score (nSPS) is 11.5. The van der Waals surface area contributed by atoms with Crippen LogP contribution in [0.1, 0.15) is 5.82 Å². The number of alkyl halides is 3. The minimum Gasteiger partial charge on any atom is -0.497 e. The number of hydrogen-bond donors (Lipinski definition) is 1. The molecule has 0 bridgehead atoms. The number of ether oxygens (including phenoxy) is 1. The monoisotopic (exact) mass is 363 g/mol. The fourth-order valence-corrected chi connectivity index (χ4v) is 2.63. The third-order valence-corrected chi connectivity index (χ3v) is 3.88. The number of fused-ring (bicyclic) bond motifs is 1. The molecule has 0 atom stereocenters. The summed E-state index contributed by atoms with van der Waals surface area (Å²) in [7, 11) is 1.58. The van der Waals surface area contributed by atoms with E-state index in [0.717, 1.165) is 11.1 Å². The zero-order valence-electron chi connectivity index (χ0n) is 13.9. The van der Waals surface area contributed by atoms with Crippen LogP contribution in [0.2, 0.25) is 0 Å². The summed E-state index contributed by atoms with van der Waals surface area (Å²) in [5, 5.41) is 1.87. The predicted octanol–water partition coefficient (Wildman–Crippen LogP) is 3.23. The van der Waals surface area contributed by atoms with Crippen molar-refractivity contribution >= 4 is 11.4 Å². The minimum atomic E-state index is -4.89. The van der Waals surface area contributed by atoms with Crippen LogP contribution in [0.25, 0.3) is 16.8 Å². The number of amides is 1. The quantitative estimate of drug-likeness (QED) is 0.757. The van der Waals surface area contributed by atoms with Crippen LogP contribution < -0.4 is 10.1 Å². The minimum absolute atomic E-state index is 0.158. The standard InChI is InChI=1S/C18H16F3N3O2/c1-26-13-7-5-12(6-8-13)16-14-4-2-3-11-24(14)15(23-16)9-10-22-17(25)18(19,20)21/h2-8,11H,9-10H2,1H3,(H,22,25). The predicted molar refractivity (Wildman–Crippen MR) is 89.9 cm³/mol. The van der Waals surface area contributed by atoms with E-state index in [-0.39, 0.29) is 13.0 Å². The number of pyridine rings is 1. The maximum Gasteiger partial charge on any atom is 0.471 e. The summed E-state index contributed by atoms with van der Waals surface area (Å²) in [6.45, 7) is -0.158. The highest BCUT2D eigenvalue weighted by molar-refractivity contribution is 5.81. The number of halogens is 3. The number of nitrogens with zero attached hydrogens (tertiary/aromatic N) is 2. The van der Waals surface area contributed by atoms with Crippen LogP contribution >= 0.6 is 0 Å². The lowest BCUT2D eigenvalue weighted by Gasteiger charge is -2.07. The number of hydrogen-bond acceptors (Lipinski definition) is 3. The lowest BCUT2D eigenvalue weighted by atomic mass is 10.1. The summed E-state index contributed by atoms with van der Waals surface area (Å²) in [5.41, 5.74) is 2.40. The van der Waals surface area contributed by atoms with Gasteiger partial charge in [0.2, 0.25) is 0 Å². The van der Waals surface area contributed by atoms with Crippen molar-refractivity contribution in [3.8, 4) is 17.0 Å². The SMILES string of the molecule is COc1ccc(-c2nc(CCNC(=O)C(F)(F)F)n3ccccc23)cc1. The molecule has 0 fully saturated rings. The Labute approximate surface area is 147 Å². The number of benzene rings is 1. The Bertz CT molecular complexity index is 918. The highest BCUT2D eigenvalue weighted by Gasteiger charge is 2.38. The zero-order chi connectivity index (χ0) is 18.7. The molecule has 0 aliphatic carbocycles. The van der Waals surface area contributed by atoms with E-state index >= 15 is 0 Å². The van der Waals surface area contributed by atoms with Crippen LogP contribution in [0.5, 0.6) is 5.75 Å². The van der Waals surface area contributed by atoms with E-state index < -0.39 is 12.1 Å². The van der Waals surface area contributed by atoms with Crippen LogP contribution in [0.15, 0.2) is 48.7 Å². The average Bonchev–Trinajstić information content (AvgIpc) is 3.00. The molecule has 8 heteroatoms. The van der Waals surface area contributed by atoms with Crippen LogP contribution in [0.3, 0.4) is 0 Å². The molecular weight excluding hydrogens is 347 g/mol. The average molecular weight is 363 g/mol. The second kappa shape index (κ2) is 7.07. The van der Waals surface area contributed by atoms with Gasteiger partial charge < -0.3 is 14.5 Å². The summed E-state index contributed by atoms with van der Waals surface area (Å²) in [5.74, 6) is -0.671. The Morgan fingerprint density at radius 2 is 1.92 bits per heavy atom. The number of imidazole rings is 1. The summed E-state index contributed by atoms with van der Waals surface area (Å²) >= 11 is 0. The number of nitrogens with one attached hydrogen (secondary N) is 1. The molecule has 5 nitrogen and oxygen atoms in total. The van der Waals surface area contributed by atoms with Gasteiger partial charge in [0.1, 0.15) is 11.6 Å². The molecule has 0 saturated carbocycles. The Hall–Kier alpha value is -3.03. The third kappa shape index (κ3) is 3.63. The van der Waals surface area contributed by atoms with E-state index in [1.54, 1.807) is 17.7 Å². The first-order valence-corrected chi connectivity index (χ1v) is 7.85. The summed E-state index contributed by atoms with van der Waals surface area (Å²) in [6, 6.07) is 12.9. The third-order valence-electron chi connectivity index (χ3n) is 3.88. The molecular formula is C18H16F3N3O2. The van der Waals surface area contributed by atoms with Crippen molar-refractivity contribution in [3.63, 3.8) is 0 Å². The lowest BCUT2D eigenvalue weighted by Crippen LogP contribution is -2.37. The van der Waals surface area contributed by atoms with Gasteiger partial charge >= 0.3 is 12.1 Å². The largest absolute Gasteiger partial charge is 0.497 e. The van der Waals surface area contributed by atoms with Crippen LogP contribution in [0, 0.1) is 0 Å². The van der Waals surface area contributed by atoms with Gasteiger partial charge in [0, 0.05) is 24.7 Å². The van der Waals surface area contributed by atoms with Crippen LogP contribution in [0.4, 0.5) is 13.2 Å². The summed E-state index contributed by atoms with van der Waals surface area (Å²) in [6.07, 6.45) is -2.93. The second-order valence-corrected chi connectivity index (χ2v) is 5.56. The number of carbonyl (C=O) groups is 1. The maximum absolute atomic E-state index is 12.3. The molecule has 0 aliphatic rings. The molecule has 0 spiro atoms. The molecule has 2 aromatic heterocycles. The Balaban J connectivity index is 1.86. The molecule has 0 aliphatic heterocycles. The lowest BCUT2D eigenvalue weighted by molar-refractivity contribution is -0.173. The molecule has 1 amide bonds. The first kappa shape index (κ1) is 17.8. The maximum atomic E-state index is 12.3. The van der Waals surface area contributed by atoms with Crippen molar-refractivity contribution in [3.05, 3.63) is 54.5 Å². The number of rotatable bonds is 5. The van der Waals surface area contributed by atoms with E-state index in [9.17, 15) is 18.0 Å². The highest BCUT2D eigenvalue weighted by Crippen LogP contribution is 2.26. The van der Waals surface area contributed by atoms with Crippen molar-refractivity contribution < 1.29 is 22.7 Å². The zero-order valence-corrected chi connectivity index (χ0v) is 13.9. The van der Waals surface area contributed by atoms with Crippen molar-refractivity contribution in [1.29, 1.82) is 0 Å². The van der Waals surface area contributed by atoms with Gasteiger partial charge in [-0.3, -0.25) is 4.79 Å². The second-order valence-electron chi connectivity index (χ2n) is 5.56. The molecule has 3 rings (SSSR count). The van der Waals surface area contributed by atoms with Gasteiger partial charge in [-0.15, -0.1) is 0 Å². The topological polar surface area (TPSA) is 55.6 Å². The van der Waals surface area contributed by atoms with Gasteiger partial charge in [0.15, 0.2) is 0 Å². The van der Waals surface area contributed by atoms with E-state index in [1.807, 2.05) is 47.8 Å². The smallest absolute Gasteiger partial charge is 0.471 e. The van der Waals surface area contributed by atoms with Crippen molar-refractivity contribution in [1.82, 2.24) is 14.7 Å². The summed E-state index contributed by atoms with van der Waals surface area (Å²) < 4.78 is 43.8. The van der Waals surface area contributed by atoms with E-state index in [4.69, 9.17) is 4.74 Å². The molecule has 0 unspecified atom stereocenters. The van der Waals surface area contributed by atoms with E-state index in [1.165, 1.54) is 0 Å². The van der Waals surface area contributed by atoms with Crippen LogP contribution in [-0.4, -0.2) is 35.1 Å². The van der Waals surface area contributed by atoms with Gasteiger partial charge in [-0.2, -0.15) is 13.2 Å². The molecule has 0 radical (unpaired) electrons. The summed E-state index contributed by atoms with van der Waals surface area (Å²) in [4.78, 5) is 15.5. The Morgan fingerprint density at radius 3 is 2.58 bits per heavy atom. The fraction of sp³-hybridized carbons (Fsp3) is 0.222. The van der Waals surface area contributed by atoms with Gasteiger partial charge in [-0.25, -0.2) is 4.98 Å². The van der Waals surface area contributed by atoms with E-state index in [2.05, 4.69) is 4.98 Å². The van der Waals surface area contributed by atoms with Crippen LogP contribution in [-0.2, 0) is 11.2 Å². The van der Waals surface area contributed by atoms with Gasteiger partial charge in [0.05, 0.1) is 18.3 Å². The van der Waals surface area contributed by atoms with Gasteiger partial charge in [-0.05, 0) is 36.4 Å². The number of carbonyl (C=O) groups excluding carboxylic acids is 1. The van der Waals surface area contributed by atoms with Gasteiger partial charge in [0.25, 0.3) is 0 Å². The van der Waals surface area contributed by atoms with Crippen molar-refractivity contribution in [2.45, 2.75) is 12.6 Å². The highest BCUT2D eigenvalue weighted by atomic mass is 19.4.